The van der Waals surface area contributed by atoms with Crippen molar-refractivity contribution in [3.8, 4) is 102 Å². The third-order valence-electron chi connectivity index (χ3n) is 13.7. The molecule has 2 heterocycles. The zero-order chi connectivity index (χ0) is 57.8. The van der Waals surface area contributed by atoms with Crippen molar-refractivity contribution < 1.29 is 42.4 Å². The Kier molecular flexibility index (Phi) is 22.8. The minimum absolute atomic E-state index is 0. The first kappa shape index (κ1) is 64.8. The SMILES string of the molecule is C.Cc1ccc(-c2nc(-c3cc(C(C)(C)C)cc(-c4ccccc4)c3O)[nH]c2-c2ccc(C)cc2)cc1.Cc1ccc(-c2nc(-c3cc(C(C)(C)C)cc(-c4ccccc4)c3O)n(C)c2-c2ccc(C)cc2)cc1.F.FF.FF.FF. The first-order valence-corrected chi connectivity index (χ1v) is 25.6. The maximum absolute atomic E-state index is 11.7. The van der Waals surface area contributed by atoms with Gasteiger partial charge in [0, 0.05) is 67.9 Å². The smallest absolute Gasteiger partial charge is 0.144 e. The van der Waals surface area contributed by atoms with Crippen LogP contribution in [0, 0.1) is 27.7 Å². The molecule has 81 heavy (non-hydrogen) atoms. The Morgan fingerprint density at radius 3 is 1.14 bits per heavy atom. The van der Waals surface area contributed by atoms with Crippen molar-refractivity contribution in [2.45, 2.75) is 87.5 Å². The topological polar surface area (TPSA) is 87.0 Å². The average Bonchev–Trinajstić information content (AvgIpc) is 4.21. The molecule has 6 nitrogen and oxygen atoms in total. The zero-order valence-corrected chi connectivity index (χ0v) is 46.7. The van der Waals surface area contributed by atoms with Crippen LogP contribution >= 0.6 is 0 Å². The number of benzene rings is 8. The Morgan fingerprint density at radius 2 is 0.741 bits per heavy atom. The van der Waals surface area contributed by atoms with Gasteiger partial charge in [-0.25, -0.2) is 9.97 Å². The minimum atomic E-state index is -0.100. The van der Waals surface area contributed by atoms with E-state index in [0.717, 1.165) is 89.8 Å². The molecular formula is C68H71F7N4O2. The number of imidazole rings is 2. The summed E-state index contributed by atoms with van der Waals surface area (Å²) >= 11 is 0. The molecule has 0 aliphatic carbocycles. The largest absolute Gasteiger partial charge is 0.507 e. The number of aromatic nitrogens is 4. The highest BCUT2D eigenvalue weighted by Crippen LogP contribution is 2.46. The van der Waals surface area contributed by atoms with E-state index in [1.807, 2.05) is 67.7 Å². The van der Waals surface area contributed by atoms with Gasteiger partial charge in [-0.05, 0) is 85.0 Å². The first-order valence-electron chi connectivity index (χ1n) is 25.6. The second-order valence-electron chi connectivity index (χ2n) is 21.5. The van der Waals surface area contributed by atoms with Crippen molar-refractivity contribution in [2.24, 2.45) is 7.05 Å². The molecule has 0 aliphatic heterocycles. The summed E-state index contributed by atoms with van der Waals surface area (Å²) in [5, 5.41) is 23.2. The average molecular weight is 1110 g/mol. The van der Waals surface area contributed by atoms with Gasteiger partial charge in [0.15, 0.2) is 0 Å². The second kappa shape index (κ2) is 28.4. The molecule has 0 spiro atoms. The summed E-state index contributed by atoms with van der Waals surface area (Å²) in [4.78, 5) is 13.9. The summed E-state index contributed by atoms with van der Waals surface area (Å²) in [5.74, 6) is 1.88. The summed E-state index contributed by atoms with van der Waals surface area (Å²) in [6.45, 7) is 21.5. The summed E-state index contributed by atoms with van der Waals surface area (Å²) in [5.41, 5.74) is 19.9. The lowest BCUT2D eigenvalue weighted by Crippen LogP contribution is -2.12. The summed E-state index contributed by atoms with van der Waals surface area (Å²) in [6.07, 6.45) is 0. The second-order valence-corrected chi connectivity index (χ2v) is 21.5. The molecule has 0 fully saturated rings. The molecule has 13 heteroatoms. The number of nitrogens with one attached hydrogen (secondary N) is 1. The molecule has 10 rings (SSSR count). The van der Waals surface area contributed by atoms with Crippen LogP contribution in [0.2, 0.25) is 0 Å². The van der Waals surface area contributed by atoms with E-state index in [9.17, 15) is 10.2 Å². The van der Waals surface area contributed by atoms with Gasteiger partial charge in [-0.2, -0.15) is 0 Å². The zero-order valence-electron chi connectivity index (χ0n) is 46.7. The Labute approximate surface area is 471 Å². The molecular weight excluding hydrogens is 1040 g/mol. The molecule has 0 amide bonds. The monoisotopic (exact) mass is 1110 g/mol. The molecule has 2 aromatic heterocycles. The Hall–Kier alpha value is -8.71. The minimum Gasteiger partial charge on any atom is -0.507 e. The number of hydrogen-bond acceptors (Lipinski definition) is 4. The van der Waals surface area contributed by atoms with Crippen LogP contribution in [0.1, 0.15) is 82.3 Å². The lowest BCUT2D eigenvalue weighted by molar-refractivity contribution is 0.108. The highest BCUT2D eigenvalue weighted by molar-refractivity contribution is 5.88. The molecule has 424 valence electrons. The lowest BCUT2D eigenvalue weighted by Gasteiger charge is -2.22. The molecule has 0 bridgehead atoms. The number of rotatable bonds is 8. The Bertz CT molecular complexity index is 3510. The van der Waals surface area contributed by atoms with Crippen molar-refractivity contribution in [1.29, 1.82) is 0 Å². The van der Waals surface area contributed by atoms with Crippen LogP contribution in [0.15, 0.2) is 182 Å². The maximum atomic E-state index is 11.7. The van der Waals surface area contributed by atoms with Gasteiger partial charge in [-0.1, -0.05) is 229 Å². The van der Waals surface area contributed by atoms with E-state index in [-0.39, 0.29) is 34.5 Å². The van der Waals surface area contributed by atoms with Crippen LogP contribution in [0.25, 0.3) is 90.1 Å². The van der Waals surface area contributed by atoms with Crippen LogP contribution in [-0.4, -0.2) is 29.7 Å². The van der Waals surface area contributed by atoms with Gasteiger partial charge in [0.25, 0.3) is 0 Å². The van der Waals surface area contributed by atoms with Gasteiger partial charge < -0.3 is 19.8 Å². The van der Waals surface area contributed by atoms with E-state index in [0.29, 0.717) is 11.4 Å². The fourth-order valence-corrected chi connectivity index (χ4v) is 9.21. The van der Waals surface area contributed by atoms with Crippen LogP contribution in [0.3, 0.4) is 0 Å². The molecule has 0 radical (unpaired) electrons. The van der Waals surface area contributed by atoms with Gasteiger partial charge in [-0.3, -0.25) is 4.70 Å². The Morgan fingerprint density at radius 1 is 0.407 bits per heavy atom. The number of aromatic amines is 1. The van der Waals surface area contributed by atoms with Crippen molar-refractivity contribution in [2.75, 3.05) is 0 Å². The van der Waals surface area contributed by atoms with Crippen molar-refractivity contribution in [3.05, 3.63) is 215 Å². The Balaban J connectivity index is 0.000000312. The number of halogens is 7. The molecule has 0 saturated carbocycles. The molecule has 8 aromatic carbocycles. The number of H-pyrrole nitrogens is 1. The van der Waals surface area contributed by atoms with Crippen molar-refractivity contribution >= 4 is 0 Å². The summed E-state index contributed by atoms with van der Waals surface area (Å²) in [6, 6.07) is 62.4. The number of hydrogen-bond donors (Lipinski definition) is 3. The van der Waals surface area contributed by atoms with Gasteiger partial charge in [-0.15, -0.1) is 0 Å². The normalized spacial score (nSPS) is 10.7. The van der Waals surface area contributed by atoms with E-state index in [1.165, 1.54) is 22.3 Å². The molecule has 0 saturated heterocycles. The predicted molar refractivity (Wildman–Crippen MR) is 321 cm³/mol. The van der Waals surface area contributed by atoms with Gasteiger partial charge in [0.05, 0.1) is 33.9 Å². The molecule has 10 aromatic rings. The standard InChI is InChI=1S/C34H34N2O.C33H32N2O.CH4.3F2.FH/c1-22-12-16-25(17-13-22)30-31(26-18-14-23(2)15-19-26)36(6)33(35-30)29-21-27(34(3,4)5)20-28(32(29)37)24-10-8-7-9-11-24;1-21-11-15-24(16-12-21)29-30(25-17-13-22(2)14-18-25)35-32(34-29)28-20-26(33(3,4)5)19-27(31(28)36)23-9-7-6-8-10-23;;3*1-2;/h7-21,37H,1-6H3;6-20,36H,1-5H3,(H,34,35);1H4;;;;1H. The third kappa shape index (κ3) is 15.0. The fourth-order valence-electron chi connectivity index (χ4n) is 9.21. The maximum Gasteiger partial charge on any atom is 0.144 e. The van der Waals surface area contributed by atoms with Gasteiger partial charge in [0.1, 0.15) is 23.1 Å². The molecule has 3 N–H and O–H groups in total. The van der Waals surface area contributed by atoms with Gasteiger partial charge in [0.2, 0.25) is 0 Å². The van der Waals surface area contributed by atoms with Crippen molar-refractivity contribution in [1.82, 2.24) is 19.5 Å². The number of aromatic hydroxyl groups is 2. The van der Waals surface area contributed by atoms with Crippen LogP contribution in [-0.2, 0) is 17.9 Å². The van der Waals surface area contributed by atoms with Gasteiger partial charge >= 0.3 is 0 Å². The van der Waals surface area contributed by atoms with Crippen LogP contribution in [0.4, 0.5) is 32.1 Å². The van der Waals surface area contributed by atoms with E-state index >= 15 is 0 Å². The van der Waals surface area contributed by atoms with E-state index in [4.69, 9.17) is 37.4 Å². The quantitative estimate of drug-likeness (QED) is 0.132. The first-order chi connectivity index (χ1) is 37.8. The summed E-state index contributed by atoms with van der Waals surface area (Å²) in [7, 11) is 2.04. The number of aryl methyl sites for hydroxylation is 4. The molecule has 0 unspecified atom stereocenters. The van der Waals surface area contributed by atoms with E-state index in [1.54, 1.807) is 0 Å². The van der Waals surface area contributed by atoms with Crippen molar-refractivity contribution in [3.63, 3.8) is 0 Å². The number of phenols is 2. The third-order valence-corrected chi connectivity index (χ3v) is 13.7. The molecule has 0 atom stereocenters. The summed E-state index contributed by atoms with van der Waals surface area (Å²) < 4.78 is 50.1. The highest BCUT2D eigenvalue weighted by Gasteiger charge is 2.27. The lowest BCUT2D eigenvalue weighted by atomic mass is 9.83. The predicted octanol–water partition coefficient (Wildman–Crippen LogP) is 20.7. The highest BCUT2D eigenvalue weighted by atomic mass is 20.0. The molecule has 0 aliphatic rings. The van der Waals surface area contributed by atoms with E-state index in [2.05, 4.69) is 200 Å². The van der Waals surface area contributed by atoms with Crippen LogP contribution in [0.5, 0.6) is 11.5 Å². The number of phenolic OH excluding ortho intramolecular Hbond substituents is 2. The fraction of sp³-hybridized carbons (Fsp3) is 0.206. The number of nitrogens with zero attached hydrogens (tertiary/aromatic N) is 3. The van der Waals surface area contributed by atoms with E-state index < -0.39 is 0 Å². The van der Waals surface area contributed by atoms with Crippen LogP contribution < -0.4 is 0 Å².